The molecule has 2 N–H and O–H groups in total. The minimum atomic E-state index is -0.670. The van der Waals surface area contributed by atoms with Crippen LogP contribution in [0, 0.1) is 0 Å². The van der Waals surface area contributed by atoms with Crippen LogP contribution in [0.2, 0.25) is 0 Å². The van der Waals surface area contributed by atoms with E-state index in [2.05, 4.69) is 15.7 Å². The van der Waals surface area contributed by atoms with E-state index in [9.17, 15) is 9.59 Å². The van der Waals surface area contributed by atoms with Crippen LogP contribution in [0.25, 0.3) is 0 Å². The first kappa shape index (κ1) is 18.7. The van der Waals surface area contributed by atoms with Gasteiger partial charge in [-0.2, -0.15) is 5.10 Å². The van der Waals surface area contributed by atoms with Crippen LogP contribution >= 0.6 is 11.3 Å². The van der Waals surface area contributed by atoms with Crippen LogP contribution in [-0.2, 0) is 16.1 Å². The van der Waals surface area contributed by atoms with Gasteiger partial charge in [-0.05, 0) is 35.2 Å². The van der Waals surface area contributed by atoms with Crippen LogP contribution in [0.5, 0.6) is 5.75 Å². The number of benzene rings is 1. The normalized spacial score (nSPS) is 11.6. The fourth-order valence-electron chi connectivity index (χ4n) is 2.55. The molecule has 0 aliphatic heterocycles. The molecule has 0 bridgehead atoms. The molecule has 140 valence electrons. The predicted octanol–water partition coefficient (Wildman–Crippen LogP) is 1.98. The van der Waals surface area contributed by atoms with E-state index in [-0.39, 0.29) is 19.1 Å². The molecule has 1 unspecified atom stereocenters. The molecule has 0 saturated heterocycles. The van der Waals surface area contributed by atoms with Crippen molar-refractivity contribution in [3.8, 4) is 5.75 Å². The first-order valence-corrected chi connectivity index (χ1v) is 9.27. The monoisotopic (exact) mass is 384 g/mol. The molecule has 0 radical (unpaired) electrons. The quantitative estimate of drug-likeness (QED) is 0.610. The molecule has 7 nitrogen and oxygen atoms in total. The third-order valence-electron chi connectivity index (χ3n) is 3.99. The van der Waals surface area contributed by atoms with Crippen LogP contribution in [0.1, 0.15) is 16.5 Å². The molecule has 8 heteroatoms. The topological polar surface area (TPSA) is 85.2 Å². The number of nitrogens with zero attached hydrogens (tertiary/aromatic N) is 2. The molecule has 2 heterocycles. The lowest BCUT2D eigenvalue weighted by Gasteiger charge is -2.17. The molecule has 3 aromatic rings. The summed E-state index contributed by atoms with van der Waals surface area (Å²) in [5.41, 5.74) is 0.880. The zero-order chi connectivity index (χ0) is 19.1. The van der Waals surface area contributed by atoms with E-state index in [1.54, 1.807) is 41.5 Å². The third kappa shape index (κ3) is 4.95. The number of carbonyl (C=O) groups excluding carboxylic acids is 2. The van der Waals surface area contributed by atoms with Crippen molar-refractivity contribution in [2.24, 2.45) is 0 Å². The number of hydrogen-bond donors (Lipinski definition) is 2. The van der Waals surface area contributed by atoms with Crippen LogP contribution in [-0.4, -0.2) is 35.2 Å². The maximum atomic E-state index is 12.1. The van der Waals surface area contributed by atoms with Gasteiger partial charge in [0.15, 0.2) is 0 Å². The van der Waals surface area contributed by atoms with E-state index < -0.39 is 11.8 Å². The molecule has 0 spiro atoms. The van der Waals surface area contributed by atoms with Gasteiger partial charge < -0.3 is 15.4 Å². The Kier molecular flexibility index (Phi) is 6.22. The number of thiophene rings is 1. The van der Waals surface area contributed by atoms with E-state index in [1.165, 1.54) is 0 Å². The van der Waals surface area contributed by atoms with Crippen molar-refractivity contribution in [2.75, 3.05) is 13.7 Å². The summed E-state index contributed by atoms with van der Waals surface area (Å²) in [6.07, 6.45) is 3.52. The molecule has 1 aromatic carbocycles. The highest BCUT2D eigenvalue weighted by atomic mass is 32.1. The van der Waals surface area contributed by atoms with Crippen molar-refractivity contribution in [1.82, 2.24) is 20.4 Å². The minimum Gasteiger partial charge on any atom is -0.497 e. The summed E-state index contributed by atoms with van der Waals surface area (Å²) in [6.45, 7) is 0.542. The molecule has 2 aromatic heterocycles. The van der Waals surface area contributed by atoms with Gasteiger partial charge in [-0.1, -0.05) is 18.2 Å². The first-order valence-electron chi connectivity index (χ1n) is 8.39. The Morgan fingerprint density at radius 3 is 2.56 bits per heavy atom. The average Bonchev–Trinajstić information content (AvgIpc) is 3.41. The number of hydrogen-bond acceptors (Lipinski definition) is 5. The first-order chi connectivity index (χ1) is 13.2. The van der Waals surface area contributed by atoms with Gasteiger partial charge in [0.1, 0.15) is 11.8 Å². The van der Waals surface area contributed by atoms with Gasteiger partial charge in [-0.3, -0.25) is 14.3 Å². The van der Waals surface area contributed by atoms with Gasteiger partial charge in [0.05, 0.1) is 7.11 Å². The number of amides is 2. The lowest BCUT2D eigenvalue weighted by molar-refractivity contribution is -0.139. The van der Waals surface area contributed by atoms with Gasteiger partial charge in [0.25, 0.3) is 0 Å². The standard InChI is InChI=1S/C19H20N4O3S/c1-26-15-7-5-14(6-8-15)12-20-18(24)19(25)21-13-16(17-4-2-11-27-17)23-10-3-9-22-23/h2-11,16H,12-13H2,1H3,(H,20,24)(H,21,25). The molecule has 3 rings (SSSR count). The number of methoxy groups -OCH3 is 1. The second-order valence-electron chi connectivity index (χ2n) is 5.76. The Morgan fingerprint density at radius 1 is 1.15 bits per heavy atom. The summed E-state index contributed by atoms with van der Waals surface area (Å²) in [6, 6.07) is 12.9. The fourth-order valence-corrected chi connectivity index (χ4v) is 3.37. The fraction of sp³-hybridized carbons (Fsp3) is 0.211. The Bertz CT molecular complexity index is 827. The molecule has 0 saturated carbocycles. The van der Waals surface area contributed by atoms with Crippen molar-refractivity contribution in [3.05, 3.63) is 70.7 Å². The van der Waals surface area contributed by atoms with Crippen LogP contribution in [0.4, 0.5) is 0 Å². The molecular formula is C19H20N4O3S. The molecule has 27 heavy (non-hydrogen) atoms. The SMILES string of the molecule is COc1ccc(CNC(=O)C(=O)NCC(c2cccs2)n2cccn2)cc1. The Balaban J connectivity index is 1.53. The van der Waals surface area contributed by atoms with Gasteiger partial charge in [0.2, 0.25) is 0 Å². The van der Waals surface area contributed by atoms with E-state index in [0.717, 1.165) is 16.2 Å². The minimum absolute atomic E-state index is 0.154. The van der Waals surface area contributed by atoms with E-state index in [1.807, 2.05) is 41.9 Å². The number of carbonyl (C=O) groups is 2. The number of aromatic nitrogens is 2. The number of rotatable bonds is 7. The number of nitrogens with one attached hydrogen (secondary N) is 2. The van der Waals surface area contributed by atoms with Crippen LogP contribution in [0.15, 0.2) is 60.2 Å². The van der Waals surface area contributed by atoms with Crippen molar-refractivity contribution in [3.63, 3.8) is 0 Å². The van der Waals surface area contributed by atoms with Crippen molar-refractivity contribution >= 4 is 23.2 Å². The number of ether oxygens (including phenoxy) is 1. The maximum Gasteiger partial charge on any atom is 0.309 e. The highest BCUT2D eigenvalue weighted by Gasteiger charge is 2.19. The van der Waals surface area contributed by atoms with Crippen molar-refractivity contribution < 1.29 is 14.3 Å². The largest absolute Gasteiger partial charge is 0.497 e. The molecule has 2 amide bonds. The van der Waals surface area contributed by atoms with Crippen molar-refractivity contribution in [1.29, 1.82) is 0 Å². The summed E-state index contributed by atoms with van der Waals surface area (Å²) < 4.78 is 6.86. The highest BCUT2D eigenvalue weighted by Crippen LogP contribution is 2.21. The zero-order valence-corrected chi connectivity index (χ0v) is 15.6. The smallest absolute Gasteiger partial charge is 0.309 e. The Hall–Kier alpha value is -3.13. The Labute approximate surface area is 161 Å². The summed E-state index contributed by atoms with van der Waals surface area (Å²) in [5.74, 6) is -0.602. The van der Waals surface area contributed by atoms with Gasteiger partial charge in [-0.15, -0.1) is 11.3 Å². The summed E-state index contributed by atoms with van der Waals surface area (Å²) >= 11 is 1.58. The van der Waals surface area contributed by atoms with E-state index in [0.29, 0.717) is 0 Å². The molecule has 0 aliphatic carbocycles. The predicted molar refractivity (Wildman–Crippen MR) is 103 cm³/mol. The van der Waals surface area contributed by atoms with Gasteiger partial charge in [0, 0.05) is 30.4 Å². The second kappa shape index (κ2) is 9.00. The lowest BCUT2D eigenvalue weighted by atomic mass is 10.2. The van der Waals surface area contributed by atoms with E-state index in [4.69, 9.17) is 4.74 Å². The third-order valence-corrected chi connectivity index (χ3v) is 4.96. The van der Waals surface area contributed by atoms with Crippen molar-refractivity contribution in [2.45, 2.75) is 12.6 Å². The lowest BCUT2D eigenvalue weighted by Crippen LogP contribution is -2.41. The molecule has 1 atom stereocenters. The van der Waals surface area contributed by atoms with Gasteiger partial charge >= 0.3 is 11.8 Å². The maximum absolute atomic E-state index is 12.1. The molecule has 0 aliphatic rings. The van der Waals surface area contributed by atoms with Crippen LogP contribution < -0.4 is 15.4 Å². The molecular weight excluding hydrogens is 364 g/mol. The molecule has 0 fully saturated rings. The van der Waals surface area contributed by atoms with Gasteiger partial charge in [-0.25, -0.2) is 0 Å². The summed E-state index contributed by atoms with van der Waals surface area (Å²) in [5, 5.41) is 11.5. The zero-order valence-electron chi connectivity index (χ0n) is 14.8. The Morgan fingerprint density at radius 2 is 1.93 bits per heavy atom. The average molecular weight is 384 g/mol. The summed E-state index contributed by atoms with van der Waals surface area (Å²) in [7, 11) is 1.59. The summed E-state index contributed by atoms with van der Waals surface area (Å²) in [4.78, 5) is 25.2. The van der Waals surface area contributed by atoms with Crippen LogP contribution in [0.3, 0.4) is 0 Å². The highest BCUT2D eigenvalue weighted by molar-refractivity contribution is 7.10. The second-order valence-corrected chi connectivity index (χ2v) is 6.74. The van der Waals surface area contributed by atoms with E-state index >= 15 is 0 Å².